The molecule has 3 aromatic carbocycles. The average Bonchev–Trinajstić information content (AvgIpc) is 2.76. The van der Waals surface area contributed by atoms with Crippen molar-refractivity contribution in [3.63, 3.8) is 0 Å². The smallest absolute Gasteiger partial charge is 0.244 e. The van der Waals surface area contributed by atoms with Crippen LogP contribution in [-0.4, -0.2) is 18.1 Å². The highest BCUT2D eigenvalue weighted by atomic mass is 16.5. The fourth-order valence-corrected chi connectivity index (χ4v) is 3.10. The van der Waals surface area contributed by atoms with E-state index in [9.17, 15) is 4.79 Å². The number of anilines is 1. The van der Waals surface area contributed by atoms with Gasteiger partial charge in [0.2, 0.25) is 5.91 Å². The van der Waals surface area contributed by atoms with Crippen LogP contribution in [0.5, 0.6) is 5.75 Å². The molecule has 0 saturated heterocycles. The number of hydrogen-bond donors (Lipinski definition) is 2. The summed E-state index contributed by atoms with van der Waals surface area (Å²) in [7, 11) is 0. The van der Waals surface area contributed by atoms with Crippen molar-refractivity contribution >= 4 is 11.6 Å². The van der Waals surface area contributed by atoms with Crippen LogP contribution in [0.25, 0.3) is 11.1 Å². The highest BCUT2D eigenvalue weighted by Gasteiger charge is 2.25. The molecule has 0 fully saturated rings. The number of carbonyl (C=O) groups is 1. The Morgan fingerprint density at radius 1 is 1.00 bits per heavy atom. The van der Waals surface area contributed by atoms with Gasteiger partial charge in [-0.2, -0.15) is 0 Å². The van der Waals surface area contributed by atoms with Crippen LogP contribution >= 0.6 is 0 Å². The van der Waals surface area contributed by atoms with Gasteiger partial charge < -0.3 is 15.8 Å². The van der Waals surface area contributed by atoms with Crippen molar-refractivity contribution in [3.8, 4) is 16.9 Å². The Hall–Kier alpha value is -3.11. The molecular weight excluding hydrogens is 372 g/mol. The van der Waals surface area contributed by atoms with Crippen LogP contribution < -0.4 is 15.8 Å². The standard InChI is InChI=1S/C26H30N2O2/c1-4-26(3,27)25(29)28-22-13-15-23(16-14-22)30-18-17-20-9-11-21(12-10-20)24-8-6-5-7-19(24)2/h5-16H,4,17-18,27H2,1-3H3,(H,28,29)/t26-/m0/s1. The average molecular weight is 403 g/mol. The number of aryl methyl sites for hydroxylation is 1. The van der Waals surface area contributed by atoms with E-state index < -0.39 is 5.54 Å². The summed E-state index contributed by atoms with van der Waals surface area (Å²) in [6.07, 6.45) is 1.40. The summed E-state index contributed by atoms with van der Waals surface area (Å²) in [5.74, 6) is 0.586. The topological polar surface area (TPSA) is 64.4 Å². The number of nitrogens with one attached hydrogen (secondary N) is 1. The van der Waals surface area contributed by atoms with Gasteiger partial charge in [-0.1, -0.05) is 55.5 Å². The minimum atomic E-state index is -0.871. The summed E-state index contributed by atoms with van der Waals surface area (Å²) in [5.41, 5.74) is 10.8. The van der Waals surface area contributed by atoms with Crippen molar-refractivity contribution in [3.05, 3.63) is 83.9 Å². The molecule has 3 aromatic rings. The lowest BCUT2D eigenvalue weighted by molar-refractivity contribution is -0.120. The highest BCUT2D eigenvalue weighted by molar-refractivity contribution is 5.97. The molecule has 1 atom stereocenters. The van der Waals surface area contributed by atoms with Crippen LogP contribution in [0, 0.1) is 6.92 Å². The first-order chi connectivity index (χ1) is 14.4. The summed E-state index contributed by atoms with van der Waals surface area (Å²) in [6.45, 7) is 6.35. The van der Waals surface area contributed by atoms with Crippen LogP contribution in [0.4, 0.5) is 5.69 Å². The maximum absolute atomic E-state index is 12.1. The molecule has 4 nitrogen and oxygen atoms in total. The summed E-state index contributed by atoms with van der Waals surface area (Å²) in [6, 6.07) is 24.4. The molecule has 0 aliphatic heterocycles. The zero-order valence-electron chi connectivity index (χ0n) is 17.9. The lowest BCUT2D eigenvalue weighted by atomic mass is 9.99. The summed E-state index contributed by atoms with van der Waals surface area (Å²) >= 11 is 0. The molecule has 30 heavy (non-hydrogen) atoms. The van der Waals surface area contributed by atoms with E-state index in [0.29, 0.717) is 18.7 Å². The fraction of sp³-hybridized carbons (Fsp3) is 0.269. The summed E-state index contributed by atoms with van der Waals surface area (Å²) in [4.78, 5) is 12.1. The fourth-order valence-electron chi connectivity index (χ4n) is 3.10. The third kappa shape index (κ3) is 5.49. The van der Waals surface area contributed by atoms with Crippen molar-refractivity contribution in [1.29, 1.82) is 0 Å². The second kappa shape index (κ2) is 9.59. The Kier molecular flexibility index (Phi) is 6.91. The van der Waals surface area contributed by atoms with Gasteiger partial charge in [-0.25, -0.2) is 0 Å². The first-order valence-corrected chi connectivity index (χ1v) is 10.4. The maximum atomic E-state index is 12.1. The van der Waals surface area contributed by atoms with Gasteiger partial charge in [0, 0.05) is 12.1 Å². The molecule has 1 amide bonds. The Labute approximate surface area is 179 Å². The van der Waals surface area contributed by atoms with Crippen molar-refractivity contribution in [2.24, 2.45) is 5.73 Å². The van der Waals surface area contributed by atoms with E-state index in [1.165, 1.54) is 22.3 Å². The zero-order chi connectivity index (χ0) is 21.6. The Bertz CT molecular complexity index is 977. The monoisotopic (exact) mass is 402 g/mol. The van der Waals surface area contributed by atoms with Crippen molar-refractivity contribution in [2.75, 3.05) is 11.9 Å². The van der Waals surface area contributed by atoms with Crippen LogP contribution in [0.2, 0.25) is 0 Å². The molecule has 0 aliphatic carbocycles. The van der Waals surface area contributed by atoms with Gasteiger partial charge >= 0.3 is 0 Å². The molecular formula is C26H30N2O2. The van der Waals surface area contributed by atoms with Crippen LogP contribution in [0.3, 0.4) is 0 Å². The molecule has 0 aliphatic rings. The van der Waals surface area contributed by atoms with E-state index in [2.05, 4.69) is 60.8 Å². The number of nitrogens with two attached hydrogens (primary N) is 1. The maximum Gasteiger partial charge on any atom is 0.244 e. The summed E-state index contributed by atoms with van der Waals surface area (Å²) in [5, 5.41) is 2.85. The molecule has 0 heterocycles. The molecule has 4 heteroatoms. The predicted molar refractivity (Wildman–Crippen MR) is 124 cm³/mol. The third-order valence-electron chi connectivity index (χ3n) is 5.43. The number of rotatable bonds is 8. The number of benzene rings is 3. The quantitative estimate of drug-likeness (QED) is 0.534. The van der Waals surface area contributed by atoms with Crippen molar-refractivity contribution in [2.45, 2.75) is 39.2 Å². The van der Waals surface area contributed by atoms with Gasteiger partial charge in [0.1, 0.15) is 5.75 Å². The normalized spacial score (nSPS) is 12.8. The summed E-state index contributed by atoms with van der Waals surface area (Å²) < 4.78 is 5.85. The first kappa shape index (κ1) is 21.6. The molecule has 0 aromatic heterocycles. The second-order valence-electron chi connectivity index (χ2n) is 7.86. The van der Waals surface area contributed by atoms with Crippen molar-refractivity contribution < 1.29 is 9.53 Å². The molecule has 156 valence electrons. The molecule has 0 bridgehead atoms. The minimum Gasteiger partial charge on any atom is -0.493 e. The van der Waals surface area contributed by atoms with Crippen LogP contribution in [-0.2, 0) is 11.2 Å². The highest BCUT2D eigenvalue weighted by Crippen LogP contribution is 2.23. The van der Waals surface area contributed by atoms with E-state index in [1.807, 2.05) is 31.2 Å². The minimum absolute atomic E-state index is 0.187. The van der Waals surface area contributed by atoms with Gasteiger partial charge in [-0.05, 0) is 66.8 Å². The van der Waals surface area contributed by atoms with Gasteiger partial charge in [-0.3, -0.25) is 4.79 Å². The number of carbonyl (C=O) groups excluding carboxylic acids is 1. The van der Waals surface area contributed by atoms with E-state index in [4.69, 9.17) is 10.5 Å². The molecule has 0 saturated carbocycles. The van der Waals surface area contributed by atoms with Crippen molar-refractivity contribution in [1.82, 2.24) is 0 Å². The SMILES string of the molecule is CC[C@](C)(N)C(=O)Nc1ccc(OCCc2ccc(-c3ccccc3C)cc2)cc1. The van der Waals surface area contributed by atoms with E-state index in [-0.39, 0.29) is 5.91 Å². The third-order valence-corrected chi connectivity index (χ3v) is 5.43. The number of ether oxygens (including phenoxy) is 1. The van der Waals surface area contributed by atoms with Gasteiger partial charge in [0.25, 0.3) is 0 Å². The number of amides is 1. The number of hydrogen-bond acceptors (Lipinski definition) is 3. The van der Waals surface area contributed by atoms with Crippen LogP contribution in [0.1, 0.15) is 31.4 Å². The Balaban J connectivity index is 1.51. The van der Waals surface area contributed by atoms with Gasteiger partial charge in [0.05, 0.1) is 12.1 Å². The molecule has 0 unspecified atom stereocenters. The lowest BCUT2D eigenvalue weighted by Gasteiger charge is -2.21. The van der Waals surface area contributed by atoms with Crippen LogP contribution in [0.15, 0.2) is 72.8 Å². The van der Waals surface area contributed by atoms with E-state index >= 15 is 0 Å². The molecule has 3 rings (SSSR count). The van der Waals surface area contributed by atoms with E-state index in [0.717, 1.165) is 12.2 Å². The molecule has 0 spiro atoms. The molecule has 0 radical (unpaired) electrons. The predicted octanol–water partition coefficient (Wildman–Crippen LogP) is 5.35. The largest absolute Gasteiger partial charge is 0.493 e. The van der Waals surface area contributed by atoms with E-state index in [1.54, 1.807) is 6.92 Å². The second-order valence-corrected chi connectivity index (χ2v) is 7.86. The van der Waals surface area contributed by atoms with Gasteiger partial charge in [-0.15, -0.1) is 0 Å². The zero-order valence-corrected chi connectivity index (χ0v) is 17.9. The Morgan fingerprint density at radius 3 is 2.30 bits per heavy atom. The first-order valence-electron chi connectivity index (χ1n) is 10.4. The Morgan fingerprint density at radius 2 is 1.67 bits per heavy atom. The molecule has 3 N–H and O–H groups in total. The van der Waals surface area contributed by atoms with Gasteiger partial charge in [0.15, 0.2) is 0 Å². The lowest BCUT2D eigenvalue weighted by Crippen LogP contribution is -2.47.